The largest absolute Gasteiger partial charge is 0.367 e. The summed E-state index contributed by atoms with van der Waals surface area (Å²) < 4.78 is 0. The van der Waals surface area contributed by atoms with Crippen molar-refractivity contribution in [2.75, 3.05) is 11.6 Å². The standard InChI is InChI=1S/C11H17N3S/c1-3-4-8-5-9(8)14-10-6-11(15-2)13-7-12-10/h6-9H,3-5H2,1-2H3,(H,12,13,14). The summed E-state index contributed by atoms with van der Waals surface area (Å²) in [4.78, 5) is 8.38. The van der Waals surface area contributed by atoms with E-state index in [0.29, 0.717) is 6.04 Å². The molecule has 0 bridgehead atoms. The molecule has 0 spiro atoms. The molecular weight excluding hydrogens is 206 g/mol. The molecule has 0 radical (unpaired) electrons. The summed E-state index contributed by atoms with van der Waals surface area (Å²) in [5.41, 5.74) is 0. The van der Waals surface area contributed by atoms with Crippen LogP contribution in [0.3, 0.4) is 0 Å². The number of hydrogen-bond acceptors (Lipinski definition) is 4. The fraction of sp³-hybridized carbons (Fsp3) is 0.636. The average molecular weight is 223 g/mol. The molecule has 1 fully saturated rings. The Hall–Kier alpha value is -0.770. The number of aromatic nitrogens is 2. The molecule has 1 saturated carbocycles. The molecular formula is C11H17N3S. The van der Waals surface area contributed by atoms with Crippen LogP contribution in [-0.2, 0) is 0 Å². The molecule has 0 saturated heterocycles. The lowest BCUT2D eigenvalue weighted by Gasteiger charge is -2.04. The van der Waals surface area contributed by atoms with Crippen molar-refractivity contribution in [2.45, 2.75) is 37.3 Å². The summed E-state index contributed by atoms with van der Waals surface area (Å²) in [5.74, 6) is 1.83. The molecule has 2 unspecified atom stereocenters. The third-order valence-electron chi connectivity index (χ3n) is 2.77. The van der Waals surface area contributed by atoms with Crippen LogP contribution in [0.2, 0.25) is 0 Å². The van der Waals surface area contributed by atoms with E-state index in [0.717, 1.165) is 16.8 Å². The fourth-order valence-electron chi connectivity index (χ4n) is 1.83. The highest BCUT2D eigenvalue weighted by molar-refractivity contribution is 7.98. The van der Waals surface area contributed by atoms with E-state index in [-0.39, 0.29) is 0 Å². The van der Waals surface area contributed by atoms with Gasteiger partial charge in [-0.3, -0.25) is 0 Å². The van der Waals surface area contributed by atoms with Gasteiger partial charge in [0.1, 0.15) is 17.2 Å². The molecule has 1 aromatic rings. The SMILES string of the molecule is CCCC1CC1Nc1cc(SC)ncn1. The quantitative estimate of drug-likeness (QED) is 0.615. The Balaban J connectivity index is 1.89. The van der Waals surface area contributed by atoms with Crippen LogP contribution in [0.4, 0.5) is 5.82 Å². The van der Waals surface area contributed by atoms with Crippen molar-refractivity contribution >= 4 is 17.6 Å². The third kappa shape index (κ3) is 2.84. The van der Waals surface area contributed by atoms with Gasteiger partial charge in [-0.1, -0.05) is 13.3 Å². The maximum atomic E-state index is 4.23. The van der Waals surface area contributed by atoms with Gasteiger partial charge in [-0.15, -0.1) is 11.8 Å². The van der Waals surface area contributed by atoms with Gasteiger partial charge in [0.05, 0.1) is 0 Å². The molecule has 82 valence electrons. The van der Waals surface area contributed by atoms with Crippen LogP contribution in [0.5, 0.6) is 0 Å². The molecule has 0 aromatic carbocycles. The van der Waals surface area contributed by atoms with Crippen LogP contribution in [0.1, 0.15) is 26.2 Å². The summed E-state index contributed by atoms with van der Waals surface area (Å²) >= 11 is 1.65. The molecule has 4 heteroatoms. The Bertz CT molecular complexity index is 329. The second-order valence-electron chi connectivity index (χ2n) is 3.98. The molecule has 2 rings (SSSR count). The molecule has 1 N–H and O–H groups in total. The van der Waals surface area contributed by atoms with E-state index in [1.807, 2.05) is 12.3 Å². The fourth-order valence-corrected chi connectivity index (χ4v) is 2.22. The van der Waals surface area contributed by atoms with Crippen molar-refractivity contribution in [1.29, 1.82) is 0 Å². The Labute approximate surface area is 95.1 Å². The van der Waals surface area contributed by atoms with Crippen molar-refractivity contribution in [3.05, 3.63) is 12.4 Å². The van der Waals surface area contributed by atoms with Gasteiger partial charge in [-0.2, -0.15) is 0 Å². The predicted molar refractivity (Wildman–Crippen MR) is 64.2 cm³/mol. The van der Waals surface area contributed by atoms with Gasteiger partial charge in [0.25, 0.3) is 0 Å². The first-order valence-corrected chi connectivity index (χ1v) is 6.68. The van der Waals surface area contributed by atoms with Gasteiger partial charge in [-0.25, -0.2) is 9.97 Å². The van der Waals surface area contributed by atoms with Crippen LogP contribution in [0.25, 0.3) is 0 Å². The predicted octanol–water partition coefficient (Wildman–Crippen LogP) is 2.80. The zero-order valence-corrected chi connectivity index (χ0v) is 10.0. The zero-order valence-electron chi connectivity index (χ0n) is 9.23. The van der Waals surface area contributed by atoms with Crippen molar-refractivity contribution in [1.82, 2.24) is 9.97 Å². The maximum Gasteiger partial charge on any atom is 0.130 e. The van der Waals surface area contributed by atoms with Gasteiger partial charge in [-0.05, 0) is 25.0 Å². The highest BCUT2D eigenvalue weighted by Crippen LogP contribution is 2.36. The monoisotopic (exact) mass is 223 g/mol. The third-order valence-corrected chi connectivity index (χ3v) is 3.41. The molecule has 1 aromatic heterocycles. The smallest absolute Gasteiger partial charge is 0.130 e. The van der Waals surface area contributed by atoms with E-state index in [2.05, 4.69) is 22.2 Å². The summed E-state index contributed by atoms with van der Waals surface area (Å²) in [6, 6.07) is 2.67. The van der Waals surface area contributed by atoms with Crippen LogP contribution < -0.4 is 5.32 Å². The molecule has 3 nitrogen and oxygen atoms in total. The van der Waals surface area contributed by atoms with E-state index in [4.69, 9.17) is 0 Å². The van der Waals surface area contributed by atoms with E-state index < -0.39 is 0 Å². The van der Waals surface area contributed by atoms with Gasteiger partial charge < -0.3 is 5.32 Å². The first-order valence-electron chi connectivity index (χ1n) is 5.46. The average Bonchev–Trinajstić information content (AvgIpc) is 2.97. The summed E-state index contributed by atoms with van der Waals surface area (Å²) in [5, 5.41) is 4.49. The van der Waals surface area contributed by atoms with Gasteiger partial charge in [0.15, 0.2) is 0 Å². The Morgan fingerprint density at radius 1 is 1.53 bits per heavy atom. The minimum atomic E-state index is 0.648. The van der Waals surface area contributed by atoms with Crippen LogP contribution in [0, 0.1) is 5.92 Å². The number of hydrogen-bond donors (Lipinski definition) is 1. The lowest BCUT2D eigenvalue weighted by atomic mass is 10.2. The van der Waals surface area contributed by atoms with Gasteiger partial charge in [0.2, 0.25) is 0 Å². The second kappa shape index (κ2) is 4.84. The van der Waals surface area contributed by atoms with Gasteiger partial charge >= 0.3 is 0 Å². The Morgan fingerprint density at radius 3 is 3.13 bits per heavy atom. The molecule has 2 atom stereocenters. The first kappa shape index (κ1) is 10.7. The highest BCUT2D eigenvalue weighted by atomic mass is 32.2. The molecule has 1 heterocycles. The van der Waals surface area contributed by atoms with Crippen molar-refractivity contribution in [2.24, 2.45) is 5.92 Å². The molecule has 1 aliphatic rings. The molecule has 0 amide bonds. The lowest BCUT2D eigenvalue weighted by Crippen LogP contribution is -2.06. The number of rotatable bonds is 5. The van der Waals surface area contributed by atoms with Crippen molar-refractivity contribution in [3.8, 4) is 0 Å². The minimum absolute atomic E-state index is 0.648. The number of thioether (sulfide) groups is 1. The minimum Gasteiger partial charge on any atom is -0.367 e. The van der Waals surface area contributed by atoms with E-state index in [1.54, 1.807) is 18.1 Å². The Kier molecular flexibility index (Phi) is 3.46. The number of anilines is 1. The highest BCUT2D eigenvalue weighted by Gasteiger charge is 2.36. The first-order chi connectivity index (χ1) is 7.33. The van der Waals surface area contributed by atoms with Gasteiger partial charge in [0, 0.05) is 12.1 Å². The lowest BCUT2D eigenvalue weighted by molar-refractivity contribution is 0.692. The zero-order chi connectivity index (χ0) is 10.7. The van der Waals surface area contributed by atoms with E-state index in [1.165, 1.54) is 19.3 Å². The normalized spacial score (nSPS) is 23.9. The molecule has 0 aliphatic heterocycles. The van der Waals surface area contributed by atoms with E-state index in [9.17, 15) is 0 Å². The van der Waals surface area contributed by atoms with Crippen molar-refractivity contribution in [3.63, 3.8) is 0 Å². The van der Waals surface area contributed by atoms with Crippen LogP contribution in [0.15, 0.2) is 17.4 Å². The number of nitrogens with zero attached hydrogens (tertiary/aromatic N) is 2. The number of nitrogens with one attached hydrogen (secondary N) is 1. The summed E-state index contributed by atoms with van der Waals surface area (Å²) in [6.07, 6.45) is 7.57. The van der Waals surface area contributed by atoms with Crippen LogP contribution >= 0.6 is 11.8 Å². The summed E-state index contributed by atoms with van der Waals surface area (Å²) in [6.45, 7) is 2.24. The van der Waals surface area contributed by atoms with E-state index >= 15 is 0 Å². The Morgan fingerprint density at radius 2 is 2.40 bits per heavy atom. The maximum absolute atomic E-state index is 4.23. The topological polar surface area (TPSA) is 37.8 Å². The molecule has 15 heavy (non-hydrogen) atoms. The summed E-state index contributed by atoms with van der Waals surface area (Å²) in [7, 11) is 0. The second-order valence-corrected chi connectivity index (χ2v) is 4.81. The van der Waals surface area contributed by atoms with Crippen LogP contribution in [-0.4, -0.2) is 22.3 Å². The molecule has 1 aliphatic carbocycles. The van der Waals surface area contributed by atoms with Crippen molar-refractivity contribution < 1.29 is 0 Å².